The monoisotopic (exact) mass is 743 g/mol. The van der Waals surface area contributed by atoms with Crippen molar-refractivity contribution in [3.63, 3.8) is 0 Å². The minimum absolute atomic E-state index is 0.649. The summed E-state index contributed by atoms with van der Waals surface area (Å²) in [6.07, 6.45) is 0. The lowest BCUT2D eigenvalue weighted by molar-refractivity contribution is 1.08. The second kappa shape index (κ2) is 11.6. The first-order chi connectivity index (χ1) is 28.3. The van der Waals surface area contributed by atoms with Gasteiger partial charge in [0.1, 0.15) is 0 Å². The van der Waals surface area contributed by atoms with Crippen molar-refractivity contribution < 1.29 is 0 Å². The molecule has 0 unspecified atom stereocenters. The van der Waals surface area contributed by atoms with Crippen molar-refractivity contribution in [1.29, 1.82) is 0 Å². The molecule has 0 aliphatic carbocycles. The predicted octanol–water partition coefficient (Wildman–Crippen LogP) is 13.5. The summed E-state index contributed by atoms with van der Waals surface area (Å²) in [6.45, 7) is 0. The van der Waals surface area contributed by atoms with Crippen molar-refractivity contribution in [3.05, 3.63) is 176 Å². The first-order valence-electron chi connectivity index (χ1n) is 19.2. The van der Waals surface area contributed by atoms with E-state index in [9.17, 15) is 0 Å². The van der Waals surface area contributed by atoms with Crippen molar-refractivity contribution in [2.75, 3.05) is 0 Å². The number of nitrogens with zero attached hydrogens (tertiary/aromatic N) is 5. The number of hydrogen-bond acceptors (Lipinski definition) is 4. The van der Waals surface area contributed by atoms with Crippen LogP contribution in [0.4, 0.5) is 0 Å². The van der Waals surface area contributed by atoms with E-state index in [1.54, 1.807) is 11.3 Å². The van der Waals surface area contributed by atoms with Crippen molar-refractivity contribution in [1.82, 2.24) is 23.9 Å². The van der Waals surface area contributed by atoms with Crippen LogP contribution in [0.3, 0.4) is 0 Å². The van der Waals surface area contributed by atoms with Gasteiger partial charge in [0.05, 0.1) is 27.6 Å². The first kappa shape index (κ1) is 30.9. The Morgan fingerprint density at radius 1 is 0.386 bits per heavy atom. The Kier molecular flexibility index (Phi) is 6.26. The molecule has 0 amide bonds. The maximum Gasteiger partial charge on any atom is 0.165 e. The molecule has 0 aliphatic rings. The molecular weight excluding hydrogens is 715 g/mol. The van der Waals surface area contributed by atoms with Crippen LogP contribution in [0.15, 0.2) is 176 Å². The zero-order chi connectivity index (χ0) is 37.2. The van der Waals surface area contributed by atoms with E-state index < -0.39 is 0 Å². The topological polar surface area (TPSA) is 48.0 Å². The molecule has 0 bridgehead atoms. The van der Waals surface area contributed by atoms with Gasteiger partial charge in [0.25, 0.3) is 0 Å². The van der Waals surface area contributed by atoms with E-state index in [0.29, 0.717) is 17.5 Å². The van der Waals surface area contributed by atoms with Crippen molar-refractivity contribution in [2.24, 2.45) is 0 Å². The molecule has 8 aromatic carbocycles. The fourth-order valence-electron chi connectivity index (χ4n) is 9.30. The van der Waals surface area contributed by atoms with Crippen molar-refractivity contribution in [3.8, 4) is 39.9 Å². The Hall–Kier alpha value is -7.41. The quantitative estimate of drug-likeness (QED) is 0.180. The van der Waals surface area contributed by atoms with Gasteiger partial charge in [0.2, 0.25) is 0 Å². The summed E-state index contributed by atoms with van der Waals surface area (Å²) in [5.41, 5.74) is 9.97. The molecule has 5 nitrogen and oxygen atoms in total. The van der Waals surface area contributed by atoms with Crippen LogP contribution in [-0.4, -0.2) is 23.9 Å². The average Bonchev–Trinajstić information content (AvgIpc) is 4.02. The second-order valence-corrected chi connectivity index (χ2v) is 15.8. The highest BCUT2D eigenvalue weighted by atomic mass is 32.1. The summed E-state index contributed by atoms with van der Waals surface area (Å²) in [5.74, 6) is 1.97. The number of benzene rings is 8. The van der Waals surface area contributed by atoms with Crippen LogP contribution < -0.4 is 0 Å². The van der Waals surface area contributed by atoms with Crippen LogP contribution in [0.5, 0.6) is 0 Å². The molecule has 0 aliphatic heterocycles. The Balaban J connectivity index is 1.08. The zero-order valence-electron chi connectivity index (χ0n) is 30.4. The third-order valence-electron chi connectivity index (χ3n) is 11.7. The summed E-state index contributed by atoms with van der Waals surface area (Å²) >= 11 is 1.79. The molecule has 5 heterocycles. The number of thiophene rings is 1. The van der Waals surface area contributed by atoms with Gasteiger partial charge in [-0.05, 0) is 42.5 Å². The highest BCUT2D eigenvalue weighted by molar-refractivity contribution is 7.26. The summed E-state index contributed by atoms with van der Waals surface area (Å²) < 4.78 is 7.28. The Labute approximate surface area is 329 Å². The van der Waals surface area contributed by atoms with Crippen LogP contribution in [0.25, 0.3) is 120 Å². The van der Waals surface area contributed by atoms with Crippen molar-refractivity contribution >= 4 is 91.4 Å². The van der Waals surface area contributed by atoms with E-state index in [1.165, 1.54) is 58.3 Å². The van der Waals surface area contributed by atoms with Gasteiger partial charge >= 0.3 is 0 Å². The Morgan fingerprint density at radius 2 is 0.982 bits per heavy atom. The first-order valence-corrected chi connectivity index (χ1v) is 20.0. The minimum atomic E-state index is 0.649. The number of para-hydroxylation sites is 3. The number of aromatic nitrogens is 5. The summed E-state index contributed by atoms with van der Waals surface area (Å²) in [4.78, 5) is 15.8. The van der Waals surface area contributed by atoms with Crippen LogP contribution in [0, 0.1) is 0 Å². The molecule has 0 saturated carbocycles. The lowest BCUT2D eigenvalue weighted by atomic mass is 10.0. The molecule has 264 valence electrons. The van der Waals surface area contributed by atoms with Gasteiger partial charge < -0.3 is 8.97 Å². The van der Waals surface area contributed by atoms with Gasteiger partial charge in [0, 0.05) is 74.9 Å². The molecule has 0 radical (unpaired) electrons. The Bertz CT molecular complexity index is 3760. The molecule has 0 atom stereocenters. The number of hydrogen-bond donors (Lipinski definition) is 0. The maximum atomic E-state index is 5.35. The van der Waals surface area contributed by atoms with Crippen LogP contribution in [0.2, 0.25) is 0 Å². The molecule has 6 heteroatoms. The second-order valence-electron chi connectivity index (χ2n) is 14.8. The van der Waals surface area contributed by atoms with E-state index in [2.05, 4.69) is 167 Å². The van der Waals surface area contributed by atoms with E-state index in [1.807, 2.05) is 18.2 Å². The number of fused-ring (bicyclic) bond motifs is 12. The lowest BCUT2D eigenvalue weighted by Gasteiger charge is -2.11. The molecule has 13 aromatic rings. The summed E-state index contributed by atoms with van der Waals surface area (Å²) in [5, 5.41) is 9.83. The predicted molar refractivity (Wildman–Crippen MR) is 238 cm³/mol. The molecule has 5 aromatic heterocycles. The minimum Gasteiger partial charge on any atom is -0.309 e. The van der Waals surface area contributed by atoms with Gasteiger partial charge in [-0.25, -0.2) is 15.0 Å². The standard InChI is InChI=1S/C51H29N5S/c1-2-13-30(14-3-1)49-52-50(54-51(53-49)40-22-11-20-37-34-16-6-9-26-45(34)57-48(37)40)39-21-12-25-43-46(39)38-17-5-8-24-42(38)55(43)31-27-28-33-36-19-10-18-35-32-15-4-7-23-41(32)56(47(35)36)44(33)29-31/h1-29H. The number of rotatable bonds is 4. The fraction of sp³-hybridized carbons (Fsp3) is 0. The third-order valence-corrected chi connectivity index (χ3v) is 12.9. The highest BCUT2D eigenvalue weighted by Crippen LogP contribution is 2.43. The Morgan fingerprint density at radius 3 is 1.84 bits per heavy atom. The van der Waals surface area contributed by atoms with E-state index in [0.717, 1.165) is 44.2 Å². The van der Waals surface area contributed by atoms with E-state index in [-0.39, 0.29) is 0 Å². The van der Waals surface area contributed by atoms with Gasteiger partial charge in [-0.3, -0.25) is 0 Å². The van der Waals surface area contributed by atoms with Crippen molar-refractivity contribution in [2.45, 2.75) is 0 Å². The SMILES string of the molecule is c1ccc(-c2nc(-c3cccc4c3sc3ccccc34)nc(-c3cccc4c3c3ccccc3n4-c3ccc4c5cccc6c7ccccc7n(c4c3)c65)n2)cc1. The highest BCUT2D eigenvalue weighted by Gasteiger charge is 2.22. The van der Waals surface area contributed by atoms with Gasteiger partial charge in [-0.15, -0.1) is 11.3 Å². The maximum absolute atomic E-state index is 5.35. The van der Waals surface area contributed by atoms with Crippen LogP contribution >= 0.6 is 11.3 Å². The largest absolute Gasteiger partial charge is 0.309 e. The molecule has 0 fully saturated rings. The molecule has 0 spiro atoms. The average molecular weight is 744 g/mol. The summed E-state index contributed by atoms with van der Waals surface area (Å²) in [7, 11) is 0. The van der Waals surface area contributed by atoms with E-state index >= 15 is 0 Å². The molecule has 0 saturated heterocycles. The van der Waals surface area contributed by atoms with E-state index in [4.69, 9.17) is 15.0 Å². The van der Waals surface area contributed by atoms with Gasteiger partial charge in [-0.1, -0.05) is 133 Å². The zero-order valence-corrected chi connectivity index (χ0v) is 31.2. The summed E-state index contributed by atoms with van der Waals surface area (Å²) in [6, 6.07) is 62.9. The van der Waals surface area contributed by atoms with Gasteiger partial charge in [-0.2, -0.15) is 0 Å². The fourth-order valence-corrected chi connectivity index (χ4v) is 10.5. The molecule has 57 heavy (non-hydrogen) atoms. The normalized spacial score (nSPS) is 12.2. The van der Waals surface area contributed by atoms with Crippen LogP contribution in [0.1, 0.15) is 0 Å². The smallest absolute Gasteiger partial charge is 0.165 e. The lowest BCUT2D eigenvalue weighted by Crippen LogP contribution is -2.00. The van der Waals surface area contributed by atoms with Gasteiger partial charge in [0.15, 0.2) is 17.5 Å². The van der Waals surface area contributed by atoms with Crippen LogP contribution in [-0.2, 0) is 0 Å². The molecular formula is C51H29N5S. The molecule has 13 rings (SSSR count). The third kappa shape index (κ3) is 4.30. The molecule has 0 N–H and O–H groups in total.